The Labute approximate surface area is 126 Å². The number of rotatable bonds is 2. The Hall–Kier alpha value is -1.81. The van der Waals surface area contributed by atoms with Crippen LogP contribution in [-0.4, -0.2) is 43.0 Å². The SMILES string of the molecule is Cc1ccccc1N1CCN(C(=O)C2C=CC(N)C2)CC1. The third-order valence-electron chi connectivity index (χ3n) is 4.48. The van der Waals surface area contributed by atoms with Crippen LogP contribution in [0.25, 0.3) is 0 Å². The number of carbonyl (C=O) groups is 1. The van der Waals surface area contributed by atoms with Gasteiger partial charge in [0.2, 0.25) is 5.91 Å². The van der Waals surface area contributed by atoms with Gasteiger partial charge >= 0.3 is 0 Å². The Balaban J connectivity index is 1.59. The molecule has 2 atom stereocenters. The molecule has 2 unspecified atom stereocenters. The van der Waals surface area contributed by atoms with Gasteiger partial charge in [-0.15, -0.1) is 0 Å². The van der Waals surface area contributed by atoms with Gasteiger partial charge in [0.1, 0.15) is 0 Å². The molecule has 1 fully saturated rings. The first-order valence-electron chi connectivity index (χ1n) is 7.68. The monoisotopic (exact) mass is 285 g/mol. The highest BCUT2D eigenvalue weighted by Gasteiger charge is 2.29. The first-order chi connectivity index (χ1) is 10.1. The number of amides is 1. The van der Waals surface area contributed by atoms with Crippen LogP contribution in [0.1, 0.15) is 12.0 Å². The van der Waals surface area contributed by atoms with Crippen molar-refractivity contribution in [1.82, 2.24) is 4.90 Å². The van der Waals surface area contributed by atoms with Crippen molar-refractivity contribution in [3.05, 3.63) is 42.0 Å². The van der Waals surface area contributed by atoms with Crippen molar-refractivity contribution < 1.29 is 4.79 Å². The molecule has 3 rings (SSSR count). The van der Waals surface area contributed by atoms with Crippen LogP contribution in [0.4, 0.5) is 5.69 Å². The average molecular weight is 285 g/mol. The van der Waals surface area contributed by atoms with E-state index in [0.29, 0.717) is 0 Å². The molecular weight excluding hydrogens is 262 g/mol. The van der Waals surface area contributed by atoms with E-state index in [1.807, 2.05) is 17.1 Å². The second-order valence-corrected chi connectivity index (χ2v) is 5.99. The van der Waals surface area contributed by atoms with E-state index in [1.165, 1.54) is 11.3 Å². The molecule has 1 aromatic carbocycles. The summed E-state index contributed by atoms with van der Waals surface area (Å²) in [5.74, 6) is 0.230. The van der Waals surface area contributed by atoms with Gasteiger partial charge in [-0.2, -0.15) is 0 Å². The summed E-state index contributed by atoms with van der Waals surface area (Å²) in [5, 5.41) is 0. The van der Waals surface area contributed by atoms with Crippen LogP contribution in [-0.2, 0) is 4.79 Å². The lowest BCUT2D eigenvalue weighted by atomic mass is 10.1. The minimum atomic E-state index is -0.00925. The van der Waals surface area contributed by atoms with Gasteiger partial charge in [-0.3, -0.25) is 4.79 Å². The van der Waals surface area contributed by atoms with Crippen LogP contribution in [0.3, 0.4) is 0 Å². The van der Waals surface area contributed by atoms with E-state index in [1.54, 1.807) is 0 Å². The fourth-order valence-corrected chi connectivity index (χ4v) is 3.23. The number of aryl methyl sites for hydroxylation is 1. The van der Waals surface area contributed by atoms with Gasteiger partial charge in [0.15, 0.2) is 0 Å². The summed E-state index contributed by atoms with van der Waals surface area (Å²) < 4.78 is 0. The zero-order valence-corrected chi connectivity index (χ0v) is 12.5. The summed E-state index contributed by atoms with van der Waals surface area (Å²) in [4.78, 5) is 16.8. The Bertz CT molecular complexity index is 547. The predicted molar refractivity (Wildman–Crippen MR) is 85.2 cm³/mol. The molecule has 4 nitrogen and oxygen atoms in total. The molecule has 0 aromatic heterocycles. The highest BCUT2D eigenvalue weighted by atomic mass is 16.2. The third kappa shape index (κ3) is 2.95. The lowest BCUT2D eigenvalue weighted by Crippen LogP contribution is -2.50. The first kappa shape index (κ1) is 14.1. The number of para-hydroxylation sites is 1. The van der Waals surface area contributed by atoms with Gasteiger partial charge in [0.05, 0.1) is 5.92 Å². The second kappa shape index (κ2) is 5.90. The smallest absolute Gasteiger partial charge is 0.229 e. The molecule has 1 aromatic rings. The largest absolute Gasteiger partial charge is 0.368 e. The van der Waals surface area contributed by atoms with Crippen molar-refractivity contribution in [3.8, 4) is 0 Å². The number of piperazine rings is 1. The highest BCUT2D eigenvalue weighted by molar-refractivity contribution is 5.81. The van der Waals surface area contributed by atoms with Gasteiger partial charge in [-0.05, 0) is 25.0 Å². The summed E-state index contributed by atoms with van der Waals surface area (Å²) in [7, 11) is 0. The van der Waals surface area contributed by atoms with Crippen molar-refractivity contribution in [2.75, 3.05) is 31.1 Å². The average Bonchev–Trinajstić information content (AvgIpc) is 2.94. The number of nitrogens with zero attached hydrogens (tertiary/aromatic N) is 2. The van der Waals surface area contributed by atoms with E-state index in [2.05, 4.69) is 36.1 Å². The summed E-state index contributed by atoms with van der Waals surface area (Å²) in [6.07, 6.45) is 4.68. The Kier molecular flexibility index (Phi) is 3.97. The van der Waals surface area contributed by atoms with Gasteiger partial charge in [-0.25, -0.2) is 0 Å². The molecule has 0 bridgehead atoms. The van der Waals surface area contributed by atoms with Gasteiger partial charge in [-0.1, -0.05) is 30.4 Å². The standard InChI is InChI=1S/C17H23N3O/c1-13-4-2-3-5-16(13)19-8-10-20(11-9-19)17(21)14-6-7-15(18)12-14/h2-7,14-15H,8-12,18H2,1H3. The number of benzene rings is 1. The van der Waals surface area contributed by atoms with E-state index in [9.17, 15) is 4.79 Å². The molecule has 4 heteroatoms. The molecular formula is C17H23N3O. The van der Waals surface area contributed by atoms with Gasteiger partial charge in [0.25, 0.3) is 0 Å². The topological polar surface area (TPSA) is 49.6 Å². The second-order valence-electron chi connectivity index (χ2n) is 5.99. The molecule has 112 valence electrons. The third-order valence-corrected chi connectivity index (χ3v) is 4.48. The minimum Gasteiger partial charge on any atom is -0.368 e. The van der Waals surface area contributed by atoms with Crippen molar-refractivity contribution in [2.24, 2.45) is 11.7 Å². The van der Waals surface area contributed by atoms with Gasteiger partial charge < -0.3 is 15.5 Å². The lowest BCUT2D eigenvalue weighted by molar-refractivity contribution is -0.134. The number of anilines is 1. The summed E-state index contributed by atoms with van der Waals surface area (Å²) in [6, 6.07) is 8.48. The zero-order chi connectivity index (χ0) is 14.8. The fourth-order valence-electron chi connectivity index (χ4n) is 3.23. The van der Waals surface area contributed by atoms with Crippen molar-refractivity contribution in [2.45, 2.75) is 19.4 Å². The highest BCUT2D eigenvalue weighted by Crippen LogP contribution is 2.23. The Morgan fingerprint density at radius 1 is 1.14 bits per heavy atom. The minimum absolute atomic E-state index is 0.00925. The van der Waals surface area contributed by atoms with Crippen molar-refractivity contribution >= 4 is 11.6 Å². The van der Waals surface area contributed by atoms with Crippen molar-refractivity contribution in [3.63, 3.8) is 0 Å². The summed E-state index contributed by atoms with van der Waals surface area (Å²) in [6.45, 7) is 5.54. The van der Waals surface area contributed by atoms with Gasteiger partial charge in [0, 0.05) is 37.9 Å². The predicted octanol–water partition coefficient (Wildman–Crippen LogP) is 1.55. The molecule has 1 amide bonds. The molecule has 0 radical (unpaired) electrons. The molecule has 1 saturated heterocycles. The number of hydrogen-bond acceptors (Lipinski definition) is 3. The van der Waals surface area contributed by atoms with E-state index in [-0.39, 0.29) is 17.9 Å². The van der Waals surface area contributed by atoms with Crippen LogP contribution in [0.5, 0.6) is 0 Å². The number of carbonyl (C=O) groups excluding carboxylic acids is 1. The molecule has 1 aliphatic carbocycles. The molecule has 2 aliphatic rings. The van der Waals surface area contributed by atoms with E-state index < -0.39 is 0 Å². The Morgan fingerprint density at radius 2 is 1.86 bits per heavy atom. The first-order valence-corrected chi connectivity index (χ1v) is 7.68. The fraction of sp³-hybridized carbons (Fsp3) is 0.471. The molecule has 21 heavy (non-hydrogen) atoms. The van der Waals surface area contributed by atoms with Crippen LogP contribution in [0.15, 0.2) is 36.4 Å². The maximum Gasteiger partial charge on any atom is 0.229 e. The maximum absolute atomic E-state index is 12.5. The molecule has 0 spiro atoms. The molecule has 0 saturated carbocycles. The van der Waals surface area contributed by atoms with Crippen LogP contribution in [0, 0.1) is 12.8 Å². The quantitative estimate of drug-likeness (QED) is 0.839. The number of hydrogen-bond donors (Lipinski definition) is 1. The lowest BCUT2D eigenvalue weighted by Gasteiger charge is -2.37. The normalized spacial score (nSPS) is 25.4. The summed E-state index contributed by atoms with van der Waals surface area (Å²) in [5.41, 5.74) is 8.42. The molecule has 1 heterocycles. The molecule has 2 N–H and O–H groups in total. The van der Waals surface area contributed by atoms with E-state index in [4.69, 9.17) is 5.73 Å². The molecule has 1 aliphatic heterocycles. The summed E-state index contributed by atoms with van der Waals surface area (Å²) >= 11 is 0. The van der Waals surface area contributed by atoms with Crippen LogP contribution >= 0.6 is 0 Å². The van der Waals surface area contributed by atoms with Crippen molar-refractivity contribution in [1.29, 1.82) is 0 Å². The van der Waals surface area contributed by atoms with E-state index in [0.717, 1.165) is 32.6 Å². The zero-order valence-electron chi connectivity index (χ0n) is 12.5. The Morgan fingerprint density at radius 3 is 2.48 bits per heavy atom. The number of nitrogens with two attached hydrogens (primary N) is 1. The van der Waals surface area contributed by atoms with E-state index >= 15 is 0 Å². The van der Waals surface area contributed by atoms with Crippen LogP contribution < -0.4 is 10.6 Å². The van der Waals surface area contributed by atoms with Crippen LogP contribution in [0.2, 0.25) is 0 Å². The maximum atomic E-state index is 12.5.